The number of allylic oxidation sites excluding steroid dienone is 2. The monoisotopic (exact) mass is 474 g/mol. The molecule has 1 fully saturated rings. The Bertz CT molecular complexity index is 1110. The maximum atomic E-state index is 13.6. The van der Waals surface area contributed by atoms with E-state index in [1.807, 2.05) is 55.1 Å². The molecule has 0 saturated carbocycles. The third kappa shape index (κ3) is 4.56. The second-order valence-corrected chi connectivity index (χ2v) is 10.5. The summed E-state index contributed by atoms with van der Waals surface area (Å²) in [5, 5.41) is 7.84. The van der Waals surface area contributed by atoms with Gasteiger partial charge in [-0.25, -0.2) is 0 Å². The van der Waals surface area contributed by atoms with Crippen LogP contribution >= 0.6 is 0 Å². The van der Waals surface area contributed by atoms with Crippen molar-refractivity contribution in [2.75, 3.05) is 0 Å². The largest absolute Gasteiger partial charge is 0.347 e. The fraction of sp³-hybridized carbons (Fsp3) is 0.500. The summed E-state index contributed by atoms with van der Waals surface area (Å²) in [6.07, 6.45) is 10.1. The lowest BCUT2D eigenvalue weighted by Crippen LogP contribution is -2.51. The lowest BCUT2D eigenvalue weighted by molar-refractivity contribution is -0.148. The molecule has 3 aliphatic rings. The lowest BCUT2D eigenvalue weighted by Gasteiger charge is -2.31. The molecule has 0 radical (unpaired) electrons. The summed E-state index contributed by atoms with van der Waals surface area (Å²) >= 11 is 0. The standard InChI is InChI=1S/C28H34N4O3/c1-18(2)15-25(32-27(34)20-11-6-7-12-21(20)28(32)35)26(33)30-23-13-8-14-24-22(23)16-29-31(24)17-19-9-4-3-5-10-19/h3-7,9-10,16,18,20-21,23,25H,8,11-15,17H2,1-2H3,(H,30,33). The van der Waals surface area contributed by atoms with Crippen LogP contribution in [0.1, 0.15) is 68.8 Å². The quantitative estimate of drug-likeness (QED) is 0.489. The molecule has 4 atom stereocenters. The molecule has 2 aliphatic carbocycles. The fourth-order valence-electron chi connectivity index (χ4n) is 5.84. The number of rotatable bonds is 7. The molecule has 3 amide bonds. The zero-order valence-electron chi connectivity index (χ0n) is 20.5. The molecule has 7 nitrogen and oxygen atoms in total. The number of carbonyl (C=O) groups is 3. The van der Waals surface area contributed by atoms with Gasteiger partial charge >= 0.3 is 0 Å². The first-order valence-electron chi connectivity index (χ1n) is 12.8. The smallest absolute Gasteiger partial charge is 0.243 e. The summed E-state index contributed by atoms with van der Waals surface area (Å²) in [4.78, 5) is 41.4. The van der Waals surface area contributed by atoms with E-state index in [1.54, 1.807) is 0 Å². The minimum atomic E-state index is -0.773. The third-order valence-corrected chi connectivity index (χ3v) is 7.61. The number of benzene rings is 1. The topological polar surface area (TPSA) is 84.3 Å². The molecule has 0 bridgehead atoms. The van der Waals surface area contributed by atoms with Gasteiger partial charge in [0.05, 0.1) is 30.6 Å². The normalized spacial score (nSPS) is 24.4. The Balaban J connectivity index is 1.35. The first kappa shape index (κ1) is 23.5. The van der Waals surface area contributed by atoms with Crippen LogP contribution in [0.3, 0.4) is 0 Å². The summed E-state index contributed by atoms with van der Waals surface area (Å²) in [5.41, 5.74) is 3.38. The van der Waals surface area contributed by atoms with Crippen LogP contribution in [-0.4, -0.2) is 38.4 Å². The van der Waals surface area contributed by atoms with Gasteiger partial charge in [0, 0.05) is 11.3 Å². The summed E-state index contributed by atoms with van der Waals surface area (Å²) < 4.78 is 2.03. The Hall–Kier alpha value is -3.22. The second-order valence-electron chi connectivity index (χ2n) is 10.5. The van der Waals surface area contributed by atoms with Crippen molar-refractivity contribution in [3.63, 3.8) is 0 Å². The molecule has 35 heavy (non-hydrogen) atoms. The van der Waals surface area contributed by atoms with Crippen molar-refractivity contribution in [3.05, 3.63) is 65.5 Å². The highest BCUT2D eigenvalue weighted by Gasteiger charge is 2.51. The molecular weight excluding hydrogens is 440 g/mol. The Kier molecular flexibility index (Phi) is 6.58. The van der Waals surface area contributed by atoms with Crippen LogP contribution in [0.5, 0.6) is 0 Å². The van der Waals surface area contributed by atoms with Crippen LogP contribution in [0.25, 0.3) is 0 Å². The highest BCUT2D eigenvalue weighted by Crippen LogP contribution is 2.37. The molecule has 1 aliphatic heterocycles. The van der Waals surface area contributed by atoms with Gasteiger partial charge in [-0.15, -0.1) is 0 Å². The summed E-state index contributed by atoms with van der Waals surface area (Å²) in [7, 11) is 0. The zero-order chi connectivity index (χ0) is 24.5. The van der Waals surface area contributed by atoms with Gasteiger partial charge in [0.2, 0.25) is 17.7 Å². The Labute approximate surface area is 206 Å². The molecule has 1 aromatic heterocycles. The number of likely N-dealkylation sites (tertiary alicyclic amines) is 1. The fourth-order valence-corrected chi connectivity index (χ4v) is 5.84. The van der Waals surface area contributed by atoms with Crippen molar-refractivity contribution in [1.29, 1.82) is 0 Å². The van der Waals surface area contributed by atoms with Gasteiger partial charge in [0.15, 0.2) is 0 Å². The number of hydrogen-bond acceptors (Lipinski definition) is 4. The molecule has 1 N–H and O–H groups in total. The minimum Gasteiger partial charge on any atom is -0.347 e. The average molecular weight is 475 g/mol. The molecule has 5 rings (SSSR count). The first-order chi connectivity index (χ1) is 16.9. The van der Waals surface area contributed by atoms with Crippen molar-refractivity contribution in [2.45, 2.75) is 71.0 Å². The number of carbonyl (C=O) groups excluding carboxylic acids is 3. The molecule has 184 valence electrons. The van der Waals surface area contributed by atoms with Crippen LogP contribution in [0.15, 0.2) is 48.7 Å². The Morgan fingerprint density at radius 2 is 1.77 bits per heavy atom. The molecule has 0 spiro atoms. The minimum absolute atomic E-state index is 0.165. The van der Waals surface area contributed by atoms with E-state index < -0.39 is 6.04 Å². The van der Waals surface area contributed by atoms with Gasteiger partial charge in [-0.1, -0.05) is 56.3 Å². The van der Waals surface area contributed by atoms with E-state index in [4.69, 9.17) is 0 Å². The molecular formula is C28H34N4O3. The molecule has 2 heterocycles. The van der Waals surface area contributed by atoms with E-state index >= 15 is 0 Å². The molecule has 7 heteroatoms. The van der Waals surface area contributed by atoms with Crippen molar-refractivity contribution >= 4 is 17.7 Å². The second kappa shape index (κ2) is 9.80. The van der Waals surface area contributed by atoms with E-state index in [1.165, 1.54) is 10.5 Å². The van der Waals surface area contributed by atoms with Crippen molar-refractivity contribution in [1.82, 2.24) is 20.0 Å². The van der Waals surface area contributed by atoms with E-state index in [2.05, 4.69) is 22.5 Å². The zero-order valence-corrected chi connectivity index (χ0v) is 20.5. The first-order valence-corrected chi connectivity index (χ1v) is 12.8. The SMILES string of the molecule is CC(C)CC(C(=O)NC1CCCc2c1cnn2Cc1ccccc1)N1C(=O)C2CC=CCC2C1=O. The Morgan fingerprint density at radius 1 is 1.09 bits per heavy atom. The number of fused-ring (bicyclic) bond motifs is 2. The van der Waals surface area contributed by atoms with Crippen LogP contribution in [0.4, 0.5) is 0 Å². The summed E-state index contributed by atoms with van der Waals surface area (Å²) in [5.74, 6) is -1.10. The van der Waals surface area contributed by atoms with Crippen molar-refractivity contribution in [3.8, 4) is 0 Å². The van der Waals surface area contributed by atoms with Gasteiger partial charge in [0.25, 0.3) is 0 Å². The van der Waals surface area contributed by atoms with E-state index in [0.29, 0.717) is 25.8 Å². The van der Waals surface area contributed by atoms with Crippen LogP contribution in [0, 0.1) is 17.8 Å². The highest BCUT2D eigenvalue weighted by molar-refractivity contribution is 6.08. The number of amides is 3. The number of nitrogens with one attached hydrogen (secondary N) is 1. The van der Waals surface area contributed by atoms with Crippen LogP contribution < -0.4 is 5.32 Å². The van der Waals surface area contributed by atoms with E-state index in [9.17, 15) is 14.4 Å². The number of imide groups is 1. The van der Waals surface area contributed by atoms with Crippen molar-refractivity contribution in [2.24, 2.45) is 17.8 Å². The van der Waals surface area contributed by atoms with Gasteiger partial charge in [-0.3, -0.25) is 24.0 Å². The van der Waals surface area contributed by atoms with Crippen molar-refractivity contribution < 1.29 is 14.4 Å². The maximum Gasteiger partial charge on any atom is 0.243 e. The highest BCUT2D eigenvalue weighted by atomic mass is 16.2. The van der Waals surface area contributed by atoms with E-state index in [-0.39, 0.29) is 41.5 Å². The molecule has 2 aromatic rings. The summed E-state index contributed by atoms with van der Waals surface area (Å²) in [6, 6.07) is 9.29. The number of hydrogen-bond donors (Lipinski definition) is 1. The Morgan fingerprint density at radius 3 is 2.43 bits per heavy atom. The average Bonchev–Trinajstić information content (AvgIpc) is 3.37. The predicted octanol–water partition coefficient (Wildman–Crippen LogP) is 3.79. The van der Waals surface area contributed by atoms with Gasteiger partial charge < -0.3 is 5.32 Å². The van der Waals surface area contributed by atoms with Gasteiger partial charge in [-0.2, -0.15) is 5.10 Å². The van der Waals surface area contributed by atoms with Crippen LogP contribution in [-0.2, 0) is 27.3 Å². The molecule has 1 saturated heterocycles. The maximum absolute atomic E-state index is 13.6. The predicted molar refractivity (Wildman–Crippen MR) is 132 cm³/mol. The number of aromatic nitrogens is 2. The third-order valence-electron chi connectivity index (χ3n) is 7.61. The number of nitrogens with zero attached hydrogens (tertiary/aromatic N) is 3. The molecule has 4 unspecified atom stereocenters. The van der Waals surface area contributed by atoms with E-state index in [0.717, 1.165) is 30.5 Å². The van der Waals surface area contributed by atoms with Crippen LogP contribution in [0.2, 0.25) is 0 Å². The lowest BCUT2D eigenvalue weighted by atomic mass is 9.85. The molecule has 1 aromatic carbocycles. The summed E-state index contributed by atoms with van der Waals surface area (Å²) in [6.45, 7) is 4.74. The van der Waals surface area contributed by atoms with Gasteiger partial charge in [-0.05, 0) is 50.0 Å². The van der Waals surface area contributed by atoms with Gasteiger partial charge in [0.1, 0.15) is 6.04 Å².